The topological polar surface area (TPSA) is 77.5 Å². The van der Waals surface area contributed by atoms with Gasteiger partial charge < -0.3 is 24.8 Å². The number of rotatable bonds is 5. The maximum atomic E-state index is 5.37. The number of ether oxygens (including phenoxy) is 3. The van der Waals surface area contributed by atoms with Crippen molar-refractivity contribution in [2.45, 2.75) is 12.1 Å². The molecule has 0 saturated carbocycles. The van der Waals surface area contributed by atoms with E-state index >= 15 is 0 Å². The molecule has 2 N–H and O–H groups in total. The Balaban J connectivity index is 2.12. The Morgan fingerprint density at radius 2 is 1.83 bits per heavy atom. The van der Waals surface area contributed by atoms with Gasteiger partial charge in [-0.05, 0) is 0 Å². The van der Waals surface area contributed by atoms with Crippen molar-refractivity contribution in [3.63, 3.8) is 0 Å². The molecule has 0 spiro atoms. The van der Waals surface area contributed by atoms with Gasteiger partial charge in [-0.25, -0.2) is 0 Å². The van der Waals surface area contributed by atoms with Crippen molar-refractivity contribution in [2.24, 2.45) is 0 Å². The molecule has 0 aromatic carbocycles. The summed E-state index contributed by atoms with van der Waals surface area (Å²) >= 11 is 0. The van der Waals surface area contributed by atoms with E-state index in [-0.39, 0.29) is 12.1 Å². The molecule has 0 radical (unpaired) electrons. The number of nitrogens with zero attached hydrogens (tertiary/aromatic N) is 2. The lowest BCUT2D eigenvalue weighted by Crippen LogP contribution is -2.34. The van der Waals surface area contributed by atoms with Gasteiger partial charge in [0, 0.05) is 20.2 Å². The van der Waals surface area contributed by atoms with Crippen LogP contribution in [0.2, 0.25) is 0 Å². The molecule has 1 aromatic rings. The fourth-order valence-electron chi connectivity index (χ4n) is 1.89. The second-order valence-corrected chi connectivity index (χ2v) is 3.96. The summed E-state index contributed by atoms with van der Waals surface area (Å²) in [6, 6.07) is 1.76. The third-order valence-electron chi connectivity index (χ3n) is 2.87. The average Bonchev–Trinajstić information content (AvgIpc) is 2.85. The lowest BCUT2D eigenvalue weighted by atomic mass is 10.2. The van der Waals surface area contributed by atoms with Gasteiger partial charge in [0.2, 0.25) is 17.7 Å². The zero-order valence-corrected chi connectivity index (χ0v) is 10.8. The van der Waals surface area contributed by atoms with E-state index in [9.17, 15) is 0 Å². The molecule has 1 aromatic heterocycles. The Morgan fingerprint density at radius 1 is 1.17 bits per heavy atom. The van der Waals surface area contributed by atoms with Crippen LogP contribution in [0.4, 0.5) is 5.95 Å². The summed E-state index contributed by atoms with van der Waals surface area (Å²) < 4.78 is 15.6. The van der Waals surface area contributed by atoms with Crippen LogP contribution in [-0.2, 0) is 4.74 Å². The highest BCUT2D eigenvalue weighted by molar-refractivity contribution is 5.35. The minimum atomic E-state index is 0.103. The quantitative estimate of drug-likeness (QED) is 0.759. The van der Waals surface area contributed by atoms with E-state index < -0.39 is 0 Å². The van der Waals surface area contributed by atoms with Crippen molar-refractivity contribution in [3.8, 4) is 11.8 Å². The largest absolute Gasteiger partial charge is 0.481 e. The predicted molar refractivity (Wildman–Crippen MR) is 66.2 cm³/mol. The van der Waals surface area contributed by atoms with E-state index in [1.807, 2.05) is 0 Å². The first kappa shape index (κ1) is 12.8. The molecule has 2 atom stereocenters. The third-order valence-corrected chi connectivity index (χ3v) is 2.87. The summed E-state index contributed by atoms with van der Waals surface area (Å²) in [5, 5.41) is 6.47. The van der Waals surface area contributed by atoms with Gasteiger partial charge in [-0.3, -0.25) is 0 Å². The van der Waals surface area contributed by atoms with E-state index in [0.717, 1.165) is 13.1 Å². The second-order valence-electron chi connectivity index (χ2n) is 3.96. The smallest absolute Gasteiger partial charge is 0.229 e. The van der Waals surface area contributed by atoms with Gasteiger partial charge in [0.15, 0.2) is 0 Å². The Hall–Kier alpha value is -1.60. The van der Waals surface area contributed by atoms with Gasteiger partial charge in [-0.2, -0.15) is 9.97 Å². The fourth-order valence-corrected chi connectivity index (χ4v) is 1.89. The van der Waals surface area contributed by atoms with Gasteiger partial charge in [0.1, 0.15) is 0 Å². The zero-order valence-electron chi connectivity index (χ0n) is 10.8. The minimum absolute atomic E-state index is 0.103. The van der Waals surface area contributed by atoms with Crippen molar-refractivity contribution < 1.29 is 14.2 Å². The number of hydrogen-bond acceptors (Lipinski definition) is 7. The van der Waals surface area contributed by atoms with Gasteiger partial charge in [-0.1, -0.05) is 0 Å². The molecule has 2 rings (SSSR count). The molecule has 1 unspecified atom stereocenters. The van der Waals surface area contributed by atoms with Crippen LogP contribution in [0.15, 0.2) is 6.07 Å². The molecule has 0 bridgehead atoms. The van der Waals surface area contributed by atoms with E-state index in [1.165, 1.54) is 0 Å². The predicted octanol–water partition coefficient (Wildman–Crippen LogP) is -0.107. The van der Waals surface area contributed by atoms with Crippen LogP contribution < -0.4 is 20.1 Å². The molecular weight excluding hydrogens is 236 g/mol. The highest BCUT2D eigenvalue weighted by atomic mass is 16.5. The van der Waals surface area contributed by atoms with Crippen molar-refractivity contribution >= 4 is 5.95 Å². The Labute approximate surface area is 106 Å². The zero-order chi connectivity index (χ0) is 13.0. The molecule has 1 aliphatic rings. The average molecular weight is 254 g/mol. The van der Waals surface area contributed by atoms with Gasteiger partial charge >= 0.3 is 0 Å². The first-order valence-electron chi connectivity index (χ1n) is 5.74. The summed E-state index contributed by atoms with van der Waals surface area (Å²) in [5.74, 6) is 1.40. The monoisotopic (exact) mass is 254 g/mol. The number of hydrogen-bond donors (Lipinski definition) is 2. The van der Waals surface area contributed by atoms with Gasteiger partial charge in [-0.15, -0.1) is 0 Å². The Morgan fingerprint density at radius 3 is 2.39 bits per heavy atom. The summed E-state index contributed by atoms with van der Waals surface area (Å²) in [7, 11) is 4.81. The summed E-state index contributed by atoms with van der Waals surface area (Å²) in [6.07, 6.45) is 0.103. The van der Waals surface area contributed by atoms with Crippen LogP contribution in [0.5, 0.6) is 11.8 Å². The molecule has 100 valence electrons. The molecule has 18 heavy (non-hydrogen) atoms. The van der Waals surface area contributed by atoms with E-state index in [2.05, 4.69) is 20.6 Å². The molecule has 2 heterocycles. The second kappa shape index (κ2) is 5.83. The van der Waals surface area contributed by atoms with E-state index in [1.54, 1.807) is 27.4 Å². The molecule has 7 heteroatoms. The Kier molecular flexibility index (Phi) is 4.16. The molecule has 0 aliphatic carbocycles. The van der Waals surface area contributed by atoms with E-state index in [0.29, 0.717) is 17.7 Å². The summed E-state index contributed by atoms with van der Waals surface area (Å²) in [4.78, 5) is 8.45. The van der Waals surface area contributed by atoms with Crippen LogP contribution in [0.25, 0.3) is 0 Å². The van der Waals surface area contributed by atoms with Crippen molar-refractivity contribution in [2.75, 3.05) is 39.7 Å². The SMILES string of the molecule is COc1cc(OC)nc(NC2CNC[C@@H]2OC)n1. The van der Waals surface area contributed by atoms with Crippen LogP contribution in [0, 0.1) is 0 Å². The summed E-state index contributed by atoms with van der Waals surface area (Å²) in [5.41, 5.74) is 0. The van der Waals surface area contributed by atoms with Crippen LogP contribution >= 0.6 is 0 Å². The lowest BCUT2D eigenvalue weighted by Gasteiger charge is -2.18. The lowest BCUT2D eigenvalue weighted by molar-refractivity contribution is 0.111. The standard InChI is InChI=1S/C11H18N4O3/c1-16-8-6-12-5-7(8)13-11-14-9(17-2)4-10(15-11)18-3/h4,7-8,12H,5-6H2,1-3H3,(H,13,14,15)/t7?,8-/m0/s1. The van der Waals surface area contributed by atoms with Crippen molar-refractivity contribution in [3.05, 3.63) is 6.07 Å². The number of aromatic nitrogens is 2. The number of anilines is 1. The van der Waals surface area contributed by atoms with Crippen LogP contribution in [-0.4, -0.2) is 56.5 Å². The maximum absolute atomic E-state index is 5.37. The van der Waals surface area contributed by atoms with E-state index in [4.69, 9.17) is 14.2 Å². The molecular formula is C11H18N4O3. The first-order chi connectivity index (χ1) is 8.76. The van der Waals surface area contributed by atoms with Gasteiger partial charge in [0.05, 0.1) is 32.4 Å². The van der Waals surface area contributed by atoms with Crippen molar-refractivity contribution in [1.29, 1.82) is 0 Å². The molecule has 1 aliphatic heterocycles. The number of methoxy groups -OCH3 is 3. The Bertz CT molecular complexity index is 380. The molecule has 0 amide bonds. The van der Waals surface area contributed by atoms with Gasteiger partial charge in [0.25, 0.3) is 0 Å². The summed E-state index contributed by atoms with van der Waals surface area (Å²) in [6.45, 7) is 1.62. The van der Waals surface area contributed by atoms with Crippen LogP contribution in [0.1, 0.15) is 0 Å². The first-order valence-corrected chi connectivity index (χ1v) is 5.74. The molecule has 1 saturated heterocycles. The molecule has 1 fully saturated rings. The normalized spacial score (nSPS) is 22.8. The highest BCUT2D eigenvalue weighted by Crippen LogP contribution is 2.19. The van der Waals surface area contributed by atoms with Crippen molar-refractivity contribution in [1.82, 2.24) is 15.3 Å². The third kappa shape index (κ3) is 2.80. The molecule has 7 nitrogen and oxygen atoms in total. The minimum Gasteiger partial charge on any atom is -0.481 e. The van der Waals surface area contributed by atoms with Crippen LogP contribution in [0.3, 0.4) is 0 Å². The maximum Gasteiger partial charge on any atom is 0.229 e. The number of nitrogens with one attached hydrogen (secondary N) is 2. The fraction of sp³-hybridized carbons (Fsp3) is 0.636. The highest BCUT2D eigenvalue weighted by Gasteiger charge is 2.27.